The topological polar surface area (TPSA) is 208 Å². The number of nitrogens with one attached hydrogen (secondary N) is 2. The van der Waals surface area contributed by atoms with Gasteiger partial charge in [0.25, 0.3) is 0 Å². The predicted octanol–water partition coefficient (Wildman–Crippen LogP) is -2.84. The lowest BCUT2D eigenvalue weighted by molar-refractivity contribution is -0.144. The number of primary amides is 2. The second kappa shape index (κ2) is 10.2. The third-order valence-electron chi connectivity index (χ3n) is 3.57. The van der Waals surface area contributed by atoms with Crippen molar-refractivity contribution in [1.29, 1.82) is 0 Å². The second-order valence-electron chi connectivity index (χ2n) is 5.72. The van der Waals surface area contributed by atoms with E-state index < -0.39 is 60.6 Å². The van der Waals surface area contributed by atoms with Gasteiger partial charge in [-0.05, 0) is 5.92 Å². The number of amides is 4. The van der Waals surface area contributed by atoms with Crippen molar-refractivity contribution in [1.82, 2.24) is 10.6 Å². The van der Waals surface area contributed by atoms with Crippen LogP contribution in [-0.4, -0.2) is 52.8 Å². The highest BCUT2D eigenvalue weighted by molar-refractivity contribution is 5.95. The number of rotatable bonds is 11. The van der Waals surface area contributed by atoms with Crippen LogP contribution < -0.4 is 27.8 Å². The maximum absolute atomic E-state index is 12.3. The number of hydrogen-bond acceptors (Lipinski definition) is 6. The smallest absolute Gasteiger partial charge is 0.326 e. The van der Waals surface area contributed by atoms with E-state index in [-0.39, 0.29) is 5.92 Å². The van der Waals surface area contributed by atoms with E-state index in [4.69, 9.17) is 17.2 Å². The predicted molar refractivity (Wildman–Crippen MR) is 86.6 cm³/mol. The molecule has 9 N–H and O–H groups in total. The standard InChI is InChI=1S/C14H25N5O6/c1-3-6(2)11(14(24)25)19-13(23)8(5-10(17)21)18-12(22)7(15)4-9(16)20/h6-8,11H,3-5,15H2,1-2H3,(H2,16,20)(H2,17,21)(H,18,22)(H,19,23)(H,24,25). The Morgan fingerprint density at radius 3 is 1.88 bits per heavy atom. The van der Waals surface area contributed by atoms with Gasteiger partial charge in [0.1, 0.15) is 12.1 Å². The highest BCUT2D eigenvalue weighted by Crippen LogP contribution is 2.08. The van der Waals surface area contributed by atoms with Gasteiger partial charge in [-0.2, -0.15) is 0 Å². The summed E-state index contributed by atoms with van der Waals surface area (Å²) in [5, 5.41) is 13.6. The average Bonchev–Trinajstić information content (AvgIpc) is 2.49. The summed E-state index contributed by atoms with van der Waals surface area (Å²) in [6.45, 7) is 3.38. The van der Waals surface area contributed by atoms with E-state index in [0.29, 0.717) is 6.42 Å². The monoisotopic (exact) mass is 359 g/mol. The van der Waals surface area contributed by atoms with Gasteiger partial charge in [0.05, 0.1) is 18.9 Å². The minimum Gasteiger partial charge on any atom is -0.480 e. The van der Waals surface area contributed by atoms with Gasteiger partial charge in [-0.3, -0.25) is 19.2 Å². The number of carboxylic acid groups (broad SMARTS) is 1. The molecular formula is C14H25N5O6. The molecule has 4 amide bonds. The van der Waals surface area contributed by atoms with Crippen molar-refractivity contribution in [2.75, 3.05) is 0 Å². The van der Waals surface area contributed by atoms with Crippen LogP contribution in [0.2, 0.25) is 0 Å². The van der Waals surface area contributed by atoms with Crippen LogP contribution in [0, 0.1) is 5.92 Å². The van der Waals surface area contributed by atoms with Gasteiger partial charge < -0.3 is 32.9 Å². The Balaban J connectivity index is 5.14. The fourth-order valence-electron chi connectivity index (χ4n) is 1.94. The minimum absolute atomic E-state index is 0.386. The van der Waals surface area contributed by atoms with Crippen molar-refractivity contribution < 1.29 is 29.1 Å². The number of carbonyl (C=O) groups is 5. The minimum atomic E-state index is -1.42. The van der Waals surface area contributed by atoms with Crippen molar-refractivity contribution >= 4 is 29.6 Å². The Hall–Kier alpha value is -2.69. The van der Waals surface area contributed by atoms with Gasteiger partial charge in [0.2, 0.25) is 23.6 Å². The van der Waals surface area contributed by atoms with Crippen LogP contribution in [0.1, 0.15) is 33.1 Å². The number of carbonyl (C=O) groups excluding carboxylic acids is 4. The fraction of sp³-hybridized carbons (Fsp3) is 0.643. The third-order valence-corrected chi connectivity index (χ3v) is 3.57. The summed E-state index contributed by atoms with van der Waals surface area (Å²) < 4.78 is 0. The molecule has 25 heavy (non-hydrogen) atoms. The van der Waals surface area contributed by atoms with Gasteiger partial charge >= 0.3 is 5.97 Å². The van der Waals surface area contributed by atoms with Crippen LogP contribution >= 0.6 is 0 Å². The zero-order valence-electron chi connectivity index (χ0n) is 14.2. The van der Waals surface area contributed by atoms with E-state index in [1.165, 1.54) is 0 Å². The number of hydrogen-bond donors (Lipinski definition) is 6. The van der Waals surface area contributed by atoms with Crippen molar-refractivity contribution in [3.63, 3.8) is 0 Å². The molecular weight excluding hydrogens is 334 g/mol. The Kier molecular flexibility index (Phi) is 9.13. The molecule has 0 rings (SSSR count). The second-order valence-corrected chi connectivity index (χ2v) is 5.72. The molecule has 0 aromatic carbocycles. The lowest BCUT2D eigenvalue weighted by Gasteiger charge is -2.24. The van der Waals surface area contributed by atoms with E-state index in [1.54, 1.807) is 13.8 Å². The molecule has 4 atom stereocenters. The first-order valence-electron chi connectivity index (χ1n) is 7.65. The SMILES string of the molecule is CCC(C)C(NC(=O)C(CC(N)=O)NC(=O)C(N)CC(N)=O)C(=O)O. The zero-order chi connectivity index (χ0) is 19.7. The van der Waals surface area contributed by atoms with Crippen LogP contribution in [-0.2, 0) is 24.0 Å². The molecule has 0 heterocycles. The molecule has 0 radical (unpaired) electrons. The molecule has 4 unspecified atom stereocenters. The summed E-state index contributed by atoms with van der Waals surface area (Å²) in [7, 11) is 0. The largest absolute Gasteiger partial charge is 0.480 e. The van der Waals surface area contributed by atoms with Crippen molar-refractivity contribution in [2.24, 2.45) is 23.1 Å². The van der Waals surface area contributed by atoms with E-state index in [9.17, 15) is 29.1 Å². The van der Waals surface area contributed by atoms with Gasteiger partial charge in [0, 0.05) is 0 Å². The summed E-state index contributed by atoms with van der Waals surface area (Å²) in [5.41, 5.74) is 15.4. The Morgan fingerprint density at radius 2 is 1.48 bits per heavy atom. The molecule has 0 spiro atoms. The molecule has 0 bridgehead atoms. The molecule has 142 valence electrons. The van der Waals surface area contributed by atoms with Gasteiger partial charge in [-0.25, -0.2) is 4.79 Å². The van der Waals surface area contributed by atoms with Crippen LogP contribution in [0.5, 0.6) is 0 Å². The first-order chi connectivity index (χ1) is 11.5. The molecule has 0 aliphatic heterocycles. The van der Waals surface area contributed by atoms with Crippen LogP contribution in [0.4, 0.5) is 0 Å². The van der Waals surface area contributed by atoms with Gasteiger partial charge in [-0.15, -0.1) is 0 Å². The normalized spacial score (nSPS) is 15.3. The van der Waals surface area contributed by atoms with E-state index in [0.717, 1.165) is 0 Å². The van der Waals surface area contributed by atoms with Crippen LogP contribution in [0.3, 0.4) is 0 Å². The van der Waals surface area contributed by atoms with Crippen molar-refractivity contribution in [2.45, 2.75) is 51.2 Å². The maximum atomic E-state index is 12.3. The Labute approximate surface area is 144 Å². The highest BCUT2D eigenvalue weighted by atomic mass is 16.4. The molecule has 11 nitrogen and oxygen atoms in total. The summed E-state index contributed by atoms with van der Waals surface area (Å²) in [6.07, 6.45) is -0.539. The Morgan fingerprint density at radius 1 is 0.960 bits per heavy atom. The summed E-state index contributed by atoms with van der Waals surface area (Å²) in [6, 6.07) is -3.94. The molecule has 0 aromatic rings. The lowest BCUT2D eigenvalue weighted by Crippen LogP contribution is -2.56. The molecule has 0 aliphatic carbocycles. The lowest BCUT2D eigenvalue weighted by atomic mass is 9.98. The Bertz CT molecular complexity index is 538. The molecule has 0 saturated carbocycles. The molecule has 0 fully saturated rings. The van der Waals surface area contributed by atoms with Crippen LogP contribution in [0.25, 0.3) is 0 Å². The molecule has 0 aliphatic rings. The van der Waals surface area contributed by atoms with Crippen LogP contribution in [0.15, 0.2) is 0 Å². The van der Waals surface area contributed by atoms with E-state index >= 15 is 0 Å². The summed E-state index contributed by atoms with van der Waals surface area (Å²) in [4.78, 5) is 57.3. The van der Waals surface area contributed by atoms with E-state index in [1.807, 2.05) is 0 Å². The molecule has 11 heteroatoms. The quantitative estimate of drug-likeness (QED) is 0.227. The van der Waals surface area contributed by atoms with Gasteiger partial charge in [0.15, 0.2) is 0 Å². The number of aliphatic carboxylic acids is 1. The zero-order valence-corrected chi connectivity index (χ0v) is 14.2. The average molecular weight is 359 g/mol. The first-order valence-corrected chi connectivity index (χ1v) is 7.65. The fourth-order valence-corrected chi connectivity index (χ4v) is 1.94. The number of carboxylic acids is 1. The highest BCUT2D eigenvalue weighted by Gasteiger charge is 2.31. The first kappa shape index (κ1) is 22.3. The summed E-state index contributed by atoms with van der Waals surface area (Å²) in [5.74, 6) is -5.14. The van der Waals surface area contributed by atoms with Crippen molar-refractivity contribution in [3.8, 4) is 0 Å². The van der Waals surface area contributed by atoms with Gasteiger partial charge in [-0.1, -0.05) is 20.3 Å². The van der Waals surface area contributed by atoms with Crippen molar-refractivity contribution in [3.05, 3.63) is 0 Å². The van der Waals surface area contributed by atoms with E-state index in [2.05, 4.69) is 10.6 Å². The number of nitrogens with two attached hydrogens (primary N) is 3. The maximum Gasteiger partial charge on any atom is 0.326 e. The molecule has 0 saturated heterocycles. The third kappa shape index (κ3) is 8.11. The summed E-state index contributed by atoms with van der Waals surface area (Å²) >= 11 is 0. The molecule has 0 aromatic heterocycles.